The maximum atomic E-state index is 11.7. The first-order valence-electron chi connectivity index (χ1n) is 7.09. The molecule has 0 aliphatic heterocycles. The molecule has 0 fully saturated rings. The monoisotopic (exact) mass is 300 g/mol. The Hall–Kier alpha value is -1.14. The molecule has 0 aliphatic rings. The van der Waals surface area contributed by atoms with Crippen molar-refractivity contribution in [3.05, 3.63) is 20.7 Å². The lowest BCUT2D eigenvalue weighted by Crippen LogP contribution is -2.36. The van der Waals surface area contributed by atoms with Crippen molar-refractivity contribution in [2.24, 2.45) is 5.92 Å². The highest BCUT2D eigenvalue weighted by atomic mass is 32.1. The lowest BCUT2D eigenvalue weighted by molar-refractivity contribution is -0.122. The van der Waals surface area contributed by atoms with Crippen molar-refractivity contribution in [3.8, 4) is 0 Å². The van der Waals surface area contributed by atoms with Crippen LogP contribution in [0.3, 0.4) is 0 Å². The summed E-state index contributed by atoms with van der Waals surface area (Å²) in [4.78, 5) is 23.2. The molecule has 5 nitrogen and oxygen atoms in total. The van der Waals surface area contributed by atoms with E-state index in [4.69, 9.17) is 0 Å². The number of aromatic nitrogens is 1. The molecule has 1 aromatic heterocycles. The zero-order chi connectivity index (χ0) is 15.1. The van der Waals surface area contributed by atoms with E-state index in [9.17, 15) is 14.7 Å². The molecule has 6 heteroatoms. The Kier molecular flexibility index (Phi) is 6.95. The maximum Gasteiger partial charge on any atom is 0.307 e. The third-order valence-electron chi connectivity index (χ3n) is 3.64. The molecule has 1 amide bonds. The van der Waals surface area contributed by atoms with Gasteiger partial charge in [-0.1, -0.05) is 38.0 Å². The molecule has 20 heavy (non-hydrogen) atoms. The quantitative estimate of drug-likeness (QED) is 0.764. The minimum Gasteiger partial charge on any atom is -0.391 e. The molecule has 1 heterocycles. The number of nitrogens with zero attached hydrogens (tertiary/aromatic N) is 1. The first-order valence-corrected chi connectivity index (χ1v) is 7.97. The van der Waals surface area contributed by atoms with E-state index in [1.54, 1.807) is 9.95 Å². The molecule has 114 valence electrons. The number of aliphatic hydroxyl groups is 1. The molecule has 0 saturated carbocycles. The van der Waals surface area contributed by atoms with Crippen molar-refractivity contribution in [2.45, 2.75) is 52.7 Å². The Labute approximate surface area is 123 Å². The van der Waals surface area contributed by atoms with E-state index in [1.807, 2.05) is 20.8 Å². The third kappa shape index (κ3) is 4.76. The largest absolute Gasteiger partial charge is 0.391 e. The van der Waals surface area contributed by atoms with Crippen molar-refractivity contribution in [1.82, 2.24) is 9.88 Å². The number of amides is 1. The lowest BCUT2D eigenvalue weighted by Gasteiger charge is -2.20. The van der Waals surface area contributed by atoms with Gasteiger partial charge in [-0.15, -0.1) is 0 Å². The van der Waals surface area contributed by atoms with Crippen LogP contribution in [0.1, 0.15) is 38.8 Å². The van der Waals surface area contributed by atoms with Gasteiger partial charge < -0.3 is 15.0 Å². The summed E-state index contributed by atoms with van der Waals surface area (Å²) in [5, 5.41) is 14.5. The van der Waals surface area contributed by atoms with Gasteiger partial charge in [-0.05, 0) is 12.8 Å². The predicted octanol–water partition coefficient (Wildman–Crippen LogP) is 1.52. The van der Waals surface area contributed by atoms with Gasteiger partial charge in [0.25, 0.3) is 0 Å². The molecule has 0 radical (unpaired) electrons. The van der Waals surface area contributed by atoms with Gasteiger partial charge in [-0.3, -0.25) is 9.59 Å². The summed E-state index contributed by atoms with van der Waals surface area (Å²) in [5.41, 5.74) is 0.880. The van der Waals surface area contributed by atoms with Gasteiger partial charge in [-0.25, -0.2) is 0 Å². The summed E-state index contributed by atoms with van der Waals surface area (Å²) in [7, 11) is 0. The van der Waals surface area contributed by atoms with E-state index in [0.29, 0.717) is 6.54 Å². The maximum absolute atomic E-state index is 11.7. The zero-order valence-corrected chi connectivity index (χ0v) is 13.2. The molecule has 0 bridgehead atoms. The van der Waals surface area contributed by atoms with Crippen molar-refractivity contribution >= 4 is 17.2 Å². The van der Waals surface area contributed by atoms with Crippen molar-refractivity contribution < 1.29 is 9.90 Å². The Morgan fingerprint density at radius 1 is 1.45 bits per heavy atom. The second-order valence-electron chi connectivity index (χ2n) is 4.99. The first-order chi connectivity index (χ1) is 9.49. The van der Waals surface area contributed by atoms with Crippen LogP contribution in [0, 0.1) is 12.8 Å². The summed E-state index contributed by atoms with van der Waals surface area (Å²) >= 11 is 1.15. The van der Waals surface area contributed by atoms with Crippen LogP contribution in [0.15, 0.2) is 10.2 Å². The second kappa shape index (κ2) is 8.21. The molecule has 1 aromatic rings. The fourth-order valence-corrected chi connectivity index (χ4v) is 2.96. The average molecular weight is 300 g/mol. The normalized spacial score (nSPS) is 12.7. The number of hydrogen-bond acceptors (Lipinski definition) is 4. The number of carbonyl (C=O) groups is 1. The van der Waals surface area contributed by atoms with Gasteiger partial charge in [0.2, 0.25) is 5.91 Å². The van der Waals surface area contributed by atoms with Crippen LogP contribution < -0.4 is 10.2 Å². The zero-order valence-electron chi connectivity index (χ0n) is 12.4. The highest BCUT2D eigenvalue weighted by Gasteiger charge is 2.16. The molecule has 2 N–H and O–H groups in total. The molecule has 0 saturated heterocycles. The van der Waals surface area contributed by atoms with Crippen LogP contribution in [0.4, 0.5) is 0 Å². The standard InChI is InChI=1S/C14H24N2O3S/c1-4-11(5-2)12(17)8-15-13(18)6-7-16-10(3)9-20-14(16)19/h9,11-12,17H,4-8H2,1-3H3,(H,15,18). The van der Waals surface area contributed by atoms with Crippen LogP contribution in [-0.4, -0.2) is 28.2 Å². The summed E-state index contributed by atoms with van der Waals surface area (Å²) in [6.07, 6.45) is 1.56. The number of nitrogens with one attached hydrogen (secondary N) is 1. The van der Waals surface area contributed by atoms with Crippen LogP contribution in [0.25, 0.3) is 0 Å². The number of rotatable bonds is 8. The van der Waals surface area contributed by atoms with Crippen LogP contribution >= 0.6 is 11.3 Å². The smallest absolute Gasteiger partial charge is 0.307 e. The molecule has 1 rings (SSSR count). The lowest BCUT2D eigenvalue weighted by atomic mass is 9.96. The highest BCUT2D eigenvalue weighted by Crippen LogP contribution is 2.12. The SMILES string of the molecule is CCC(CC)C(O)CNC(=O)CCn1c(C)csc1=O. The topological polar surface area (TPSA) is 71.3 Å². The van der Waals surface area contributed by atoms with Crippen molar-refractivity contribution in [2.75, 3.05) is 6.54 Å². The highest BCUT2D eigenvalue weighted by molar-refractivity contribution is 7.07. The number of thiazole rings is 1. The Balaban J connectivity index is 2.36. The van der Waals surface area contributed by atoms with Gasteiger partial charge in [0, 0.05) is 30.6 Å². The summed E-state index contributed by atoms with van der Waals surface area (Å²) < 4.78 is 1.60. The van der Waals surface area contributed by atoms with Crippen molar-refractivity contribution in [3.63, 3.8) is 0 Å². The third-order valence-corrected chi connectivity index (χ3v) is 4.52. The fourth-order valence-electron chi connectivity index (χ4n) is 2.19. The van der Waals surface area contributed by atoms with Crippen LogP contribution in [0.5, 0.6) is 0 Å². The first kappa shape index (κ1) is 16.9. The van der Waals surface area contributed by atoms with E-state index < -0.39 is 6.10 Å². The van der Waals surface area contributed by atoms with Gasteiger partial charge in [0.15, 0.2) is 0 Å². The second-order valence-corrected chi connectivity index (χ2v) is 5.81. The summed E-state index contributed by atoms with van der Waals surface area (Å²) in [6.45, 7) is 6.59. The van der Waals surface area contributed by atoms with Gasteiger partial charge in [0.05, 0.1) is 6.10 Å². The predicted molar refractivity (Wildman–Crippen MR) is 81.0 cm³/mol. The minimum absolute atomic E-state index is 0.0348. The van der Waals surface area contributed by atoms with E-state index >= 15 is 0 Å². The van der Waals surface area contributed by atoms with E-state index in [0.717, 1.165) is 29.9 Å². The molecule has 0 spiro atoms. The molecular formula is C14H24N2O3S. The fraction of sp³-hybridized carbons (Fsp3) is 0.714. The van der Waals surface area contributed by atoms with E-state index in [-0.39, 0.29) is 29.7 Å². The Morgan fingerprint density at radius 2 is 2.10 bits per heavy atom. The van der Waals surface area contributed by atoms with Crippen LogP contribution in [0.2, 0.25) is 0 Å². The Bertz CT molecular complexity index is 477. The number of carbonyl (C=O) groups excluding carboxylic acids is 1. The van der Waals surface area contributed by atoms with E-state index in [1.165, 1.54) is 0 Å². The summed E-state index contributed by atoms with van der Waals surface area (Å²) in [6, 6.07) is 0. The minimum atomic E-state index is -0.500. The number of aliphatic hydroxyl groups excluding tert-OH is 1. The summed E-state index contributed by atoms with van der Waals surface area (Å²) in [5.74, 6) is 0.0875. The van der Waals surface area contributed by atoms with Crippen molar-refractivity contribution in [1.29, 1.82) is 0 Å². The molecule has 1 atom stereocenters. The van der Waals surface area contributed by atoms with E-state index in [2.05, 4.69) is 5.32 Å². The van der Waals surface area contributed by atoms with Gasteiger partial charge in [0.1, 0.15) is 0 Å². The number of aryl methyl sites for hydroxylation is 1. The average Bonchev–Trinajstić information content (AvgIpc) is 2.75. The van der Waals surface area contributed by atoms with Crippen LogP contribution in [-0.2, 0) is 11.3 Å². The Morgan fingerprint density at radius 3 is 2.60 bits per heavy atom. The van der Waals surface area contributed by atoms with Gasteiger partial charge in [-0.2, -0.15) is 0 Å². The number of hydrogen-bond donors (Lipinski definition) is 2. The molecule has 1 unspecified atom stereocenters. The molecule has 0 aromatic carbocycles. The molecular weight excluding hydrogens is 276 g/mol. The molecule has 0 aliphatic carbocycles. The van der Waals surface area contributed by atoms with Gasteiger partial charge >= 0.3 is 4.87 Å².